The summed E-state index contributed by atoms with van der Waals surface area (Å²) in [5.74, 6) is -0.907. The van der Waals surface area contributed by atoms with Gasteiger partial charge in [0.05, 0.1) is 29.3 Å². The molecule has 3 aromatic rings. The van der Waals surface area contributed by atoms with Crippen LogP contribution in [0.3, 0.4) is 0 Å². The molecule has 3 heterocycles. The molecule has 1 aromatic carbocycles. The number of Topliss-reactive ketones (excluding diaryl/α,β-unsaturated/α-hetero) is 1. The van der Waals surface area contributed by atoms with Crippen LogP contribution in [0.4, 0.5) is 5.82 Å². The number of benzene rings is 1. The quantitative estimate of drug-likeness (QED) is 0.322. The van der Waals surface area contributed by atoms with E-state index in [4.69, 9.17) is 10.5 Å². The van der Waals surface area contributed by atoms with E-state index in [0.717, 1.165) is 33.7 Å². The molecule has 1 aliphatic heterocycles. The Balaban J connectivity index is 1.70. The number of carbonyl (C=O) groups is 1. The number of nitrogens with two attached hydrogens (primary N) is 1. The number of nitrogen functional groups attached to an aromatic ring is 1. The molecule has 168 valence electrons. The number of anilines is 1. The lowest BCUT2D eigenvalue weighted by atomic mass is 10.2. The van der Waals surface area contributed by atoms with Gasteiger partial charge in [0.1, 0.15) is 11.4 Å². The molecule has 0 bridgehead atoms. The number of thioether (sulfide) groups is 1. The molecule has 0 saturated carbocycles. The molecule has 0 radical (unpaired) electrons. The Morgan fingerprint density at radius 1 is 1.19 bits per heavy atom. The summed E-state index contributed by atoms with van der Waals surface area (Å²) in [7, 11) is 2.68. The number of hydrogen-bond acceptors (Lipinski definition) is 8. The number of nitrogens with zero attached hydrogens (tertiary/aromatic N) is 4. The van der Waals surface area contributed by atoms with Crippen molar-refractivity contribution in [2.75, 3.05) is 18.1 Å². The highest BCUT2D eigenvalue weighted by atomic mass is 32.2. The van der Waals surface area contributed by atoms with Gasteiger partial charge in [-0.3, -0.25) is 28.1 Å². The van der Waals surface area contributed by atoms with Crippen LogP contribution in [-0.2, 0) is 25.4 Å². The molecule has 0 amide bonds. The molecule has 1 aliphatic rings. The molecule has 32 heavy (non-hydrogen) atoms. The molecule has 4 rings (SSSR count). The average Bonchev–Trinajstić information content (AvgIpc) is 3.30. The van der Waals surface area contributed by atoms with E-state index >= 15 is 0 Å². The minimum Gasteiger partial charge on any atom is -0.384 e. The van der Waals surface area contributed by atoms with Crippen LogP contribution in [0.25, 0.3) is 10.9 Å². The number of rotatable bonds is 6. The van der Waals surface area contributed by atoms with Crippen LogP contribution >= 0.6 is 11.8 Å². The summed E-state index contributed by atoms with van der Waals surface area (Å²) in [5.41, 5.74) is 4.59. The second-order valence-electron chi connectivity index (χ2n) is 7.64. The van der Waals surface area contributed by atoms with Gasteiger partial charge in [0, 0.05) is 20.7 Å². The van der Waals surface area contributed by atoms with Crippen molar-refractivity contribution in [3.05, 3.63) is 61.0 Å². The number of para-hydroxylation sites is 1. The third-order valence-electron chi connectivity index (χ3n) is 5.56. The van der Waals surface area contributed by atoms with Gasteiger partial charge < -0.3 is 10.5 Å². The van der Waals surface area contributed by atoms with E-state index < -0.39 is 17.0 Å². The standard InChI is InChI=1S/C21H23N5O5S/c1-24-17(22)16(19(29)25(2)21(24)30)15(27)11-32-20-23-14-8-4-3-7-13(14)18(28)26(20)10-12-6-5-9-31-12/h3-4,7-8,12H,5-6,9-11,22H2,1-2H3. The molecule has 1 atom stereocenters. The molecule has 1 unspecified atom stereocenters. The van der Waals surface area contributed by atoms with E-state index in [2.05, 4.69) is 4.98 Å². The van der Waals surface area contributed by atoms with E-state index in [-0.39, 0.29) is 28.8 Å². The lowest BCUT2D eigenvalue weighted by Crippen LogP contribution is -2.41. The first-order chi connectivity index (χ1) is 15.3. The first-order valence-electron chi connectivity index (χ1n) is 10.1. The van der Waals surface area contributed by atoms with Crippen LogP contribution < -0.4 is 22.5 Å². The smallest absolute Gasteiger partial charge is 0.332 e. The fraction of sp³-hybridized carbons (Fsp3) is 0.381. The van der Waals surface area contributed by atoms with E-state index in [1.54, 1.807) is 24.3 Å². The lowest BCUT2D eigenvalue weighted by Gasteiger charge is -2.16. The summed E-state index contributed by atoms with van der Waals surface area (Å²) in [6, 6.07) is 7.01. The number of ether oxygens (including phenoxy) is 1. The van der Waals surface area contributed by atoms with Crippen molar-refractivity contribution < 1.29 is 9.53 Å². The Morgan fingerprint density at radius 3 is 2.66 bits per heavy atom. The van der Waals surface area contributed by atoms with Crippen LogP contribution in [0, 0.1) is 0 Å². The van der Waals surface area contributed by atoms with Gasteiger partial charge in [0.2, 0.25) is 0 Å². The Labute approximate surface area is 186 Å². The second-order valence-corrected chi connectivity index (χ2v) is 8.58. The maximum Gasteiger partial charge on any atom is 0.332 e. The molecule has 0 aliphatic carbocycles. The third-order valence-corrected chi connectivity index (χ3v) is 6.53. The predicted octanol–water partition coefficient (Wildman–Crippen LogP) is 0.530. The van der Waals surface area contributed by atoms with Crippen LogP contribution in [0.2, 0.25) is 0 Å². The van der Waals surface area contributed by atoms with Crippen molar-refractivity contribution in [2.24, 2.45) is 14.1 Å². The van der Waals surface area contributed by atoms with Gasteiger partial charge in [-0.15, -0.1) is 0 Å². The summed E-state index contributed by atoms with van der Waals surface area (Å²) in [4.78, 5) is 55.1. The van der Waals surface area contributed by atoms with E-state index in [1.807, 2.05) is 0 Å². The molecule has 11 heteroatoms. The Morgan fingerprint density at radius 2 is 1.94 bits per heavy atom. The Kier molecular flexibility index (Phi) is 6.02. The maximum atomic E-state index is 13.1. The van der Waals surface area contributed by atoms with Crippen LogP contribution in [0.1, 0.15) is 23.2 Å². The molecule has 1 saturated heterocycles. The Bertz CT molecular complexity index is 1380. The van der Waals surface area contributed by atoms with Crippen molar-refractivity contribution in [2.45, 2.75) is 30.6 Å². The first kappa shape index (κ1) is 22.0. The monoisotopic (exact) mass is 457 g/mol. The van der Waals surface area contributed by atoms with Gasteiger partial charge in [-0.05, 0) is 25.0 Å². The van der Waals surface area contributed by atoms with Crippen molar-refractivity contribution in [1.29, 1.82) is 0 Å². The van der Waals surface area contributed by atoms with Gasteiger partial charge in [0.25, 0.3) is 11.1 Å². The minimum atomic E-state index is -0.751. The number of ketones is 1. The number of aromatic nitrogens is 4. The summed E-state index contributed by atoms with van der Waals surface area (Å²) in [5, 5.41) is 0.843. The SMILES string of the molecule is Cn1c(N)c(C(=O)CSc2nc3ccccc3c(=O)n2CC2CCCO2)c(=O)n(C)c1=O. The fourth-order valence-electron chi connectivity index (χ4n) is 3.74. The predicted molar refractivity (Wildman–Crippen MR) is 121 cm³/mol. The normalized spacial score (nSPS) is 16.0. The summed E-state index contributed by atoms with van der Waals surface area (Å²) in [6.07, 6.45) is 1.67. The van der Waals surface area contributed by atoms with Crippen LogP contribution in [0.15, 0.2) is 43.8 Å². The minimum absolute atomic E-state index is 0.0997. The largest absolute Gasteiger partial charge is 0.384 e. The van der Waals surface area contributed by atoms with Crippen LogP contribution in [-0.4, -0.2) is 42.9 Å². The van der Waals surface area contributed by atoms with E-state index in [9.17, 15) is 19.2 Å². The zero-order valence-corrected chi connectivity index (χ0v) is 18.6. The molecule has 0 spiro atoms. The zero-order chi connectivity index (χ0) is 23.0. The lowest BCUT2D eigenvalue weighted by molar-refractivity contribution is 0.0937. The van der Waals surface area contributed by atoms with Crippen LogP contribution in [0.5, 0.6) is 0 Å². The number of carbonyl (C=O) groups excluding carboxylic acids is 1. The molecule has 1 fully saturated rings. The highest BCUT2D eigenvalue weighted by molar-refractivity contribution is 7.99. The van der Waals surface area contributed by atoms with Gasteiger partial charge in [-0.2, -0.15) is 0 Å². The molecular weight excluding hydrogens is 434 g/mol. The van der Waals surface area contributed by atoms with Crippen molar-refractivity contribution in [1.82, 2.24) is 18.7 Å². The van der Waals surface area contributed by atoms with Gasteiger partial charge in [0.15, 0.2) is 10.9 Å². The topological polar surface area (TPSA) is 131 Å². The number of hydrogen-bond donors (Lipinski definition) is 1. The van der Waals surface area contributed by atoms with Crippen molar-refractivity contribution in [3.63, 3.8) is 0 Å². The first-order valence-corrected chi connectivity index (χ1v) is 11.1. The van der Waals surface area contributed by atoms with E-state index in [0.29, 0.717) is 29.2 Å². The average molecular weight is 458 g/mol. The van der Waals surface area contributed by atoms with Crippen molar-refractivity contribution in [3.8, 4) is 0 Å². The second kappa shape index (κ2) is 8.75. The van der Waals surface area contributed by atoms with E-state index in [1.165, 1.54) is 18.7 Å². The molecule has 2 N–H and O–H groups in total. The summed E-state index contributed by atoms with van der Waals surface area (Å²) >= 11 is 1.05. The summed E-state index contributed by atoms with van der Waals surface area (Å²) < 4.78 is 9.11. The summed E-state index contributed by atoms with van der Waals surface area (Å²) in [6.45, 7) is 0.980. The molecule has 2 aromatic heterocycles. The molecule has 10 nitrogen and oxygen atoms in total. The van der Waals surface area contributed by atoms with Crippen molar-refractivity contribution >= 4 is 34.3 Å². The third kappa shape index (κ3) is 3.89. The highest BCUT2D eigenvalue weighted by Crippen LogP contribution is 2.22. The fourth-order valence-corrected chi connectivity index (χ4v) is 4.62. The van der Waals surface area contributed by atoms with Gasteiger partial charge in [-0.1, -0.05) is 23.9 Å². The maximum absolute atomic E-state index is 13.1. The zero-order valence-electron chi connectivity index (χ0n) is 17.7. The number of fused-ring (bicyclic) bond motifs is 1. The molecular formula is C21H23N5O5S. The van der Waals surface area contributed by atoms with Gasteiger partial charge >= 0.3 is 5.69 Å². The Hall–Kier alpha value is -3.18. The van der Waals surface area contributed by atoms with Gasteiger partial charge in [-0.25, -0.2) is 9.78 Å². The highest BCUT2D eigenvalue weighted by Gasteiger charge is 2.23.